The zero-order valence-corrected chi connectivity index (χ0v) is 10.4. The number of carbonyl (C=O) groups excluding carboxylic acids is 1. The van der Waals surface area contributed by atoms with Crippen molar-refractivity contribution in [2.75, 3.05) is 12.8 Å². The zero-order valence-electron chi connectivity index (χ0n) is 9.62. The minimum Gasteiger partial charge on any atom is -0.375 e. The summed E-state index contributed by atoms with van der Waals surface area (Å²) in [5.41, 5.74) is 6.86. The predicted molar refractivity (Wildman–Crippen MR) is 65.5 cm³/mol. The highest BCUT2D eigenvalue weighted by molar-refractivity contribution is 7.13. The quantitative estimate of drug-likeness (QED) is 0.872. The van der Waals surface area contributed by atoms with Gasteiger partial charge in [-0.2, -0.15) is 5.10 Å². The molecular weight excluding hydrogens is 238 g/mol. The molecule has 0 radical (unpaired) electrons. The lowest BCUT2D eigenvalue weighted by Gasteiger charge is -2.14. The highest BCUT2D eigenvalue weighted by Crippen LogP contribution is 2.13. The van der Waals surface area contributed by atoms with E-state index in [1.807, 2.05) is 13.2 Å². The molecule has 0 spiro atoms. The third-order valence-electron chi connectivity index (χ3n) is 2.27. The first kappa shape index (κ1) is 11.6. The van der Waals surface area contributed by atoms with E-state index in [9.17, 15) is 4.79 Å². The van der Waals surface area contributed by atoms with E-state index < -0.39 is 0 Å². The molecule has 0 fully saturated rings. The molecular formula is C10H13N5OS. The number of hydrogen-bond donors (Lipinski definition) is 1. The van der Waals surface area contributed by atoms with Gasteiger partial charge in [-0.3, -0.25) is 9.48 Å². The molecule has 0 atom stereocenters. The first-order valence-corrected chi connectivity index (χ1v) is 5.88. The number of aromatic nitrogens is 3. The molecule has 2 heterocycles. The molecule has 1 amide bonds. The number of thiazole rings is 1. The van der Waals surface area contributed by atoms with Crippen molar-refractivity contribution in [2.24, 2.45) is 7.05 Å². The van der Waals surface area contributed by atoms with Gasteiger partial charge in [-0.05, 0) is 0 Å². The second-order valence-electron chi connectivity index (χ2n) is 3.75. The summed E-state index contributed by atoms with van der Waals surface area (Å²) in [5, 5.41) is 6.12. The van der Waals surface area contributed by atoms with Gasteiger partial charge >= 0.3 is 0 Å². The van der Waals surface area contributed by atoms with Gasteiger partial charge in [-0.15, -0.1) is 11.3 Å². The van der Waals surface area contributed by atoms with Crippen LogP contribution in [0.4, 0.5) is 5.13 Å². The maximum Gasteiger partial charge on any atom is 0.273 e. The molecule has 2 aromatic rings. The molecule has 7 heteroatoms. The van der Waals surface area contributed by atoms with Gasteiger partial charge < -0.3 is 10.6 Å². The topological polar surface area (TPSA) is 77.0 Å². The van der Waals surface area contributed by atoms with E-state index in [4.69, 9.17) is 5.73 Å². The van der Waals surface area contributed by atoms with E-state index in [2.05, 4.69) is 10.1 Å². The van der Waals surface area contributed by atoms with Gasteiger partial charge in [0.15, 0.2) is 5.13 Å². The minimum absolute atomic E-state index is 0.137. The molecule has 17 heavy (non-hydrogen) atoms. The Labute approximate surface area is 103 Å². The van der Waals surface area contributed by atoms with Crippen LogP contribution in [-0.4, -0.2) is 32.6 Å². The summed E-state index contributed by atoms with van der Waals surface area (Å²) in [4.78, 5) is 17.5. The van der Waals surface area contributed by atoms with Crippen molar-refractivity contribution in [2.45, 2.75) is 6.54 Å². The predicted octanol–water partition coefficient (Wildman–Crippen LogP) is 0.731. The summed E-state index contributed by atoms with van der Waals surface area (Å²) in [7, 11) is 3.57. The smallest absolute Gasteiger partial charge is 0.273 e. The van der Waals surface area contributed by atoms with Crippen LogP contribution in [0.3, 0.4) is 0 Å². The van der Waals surface area contributed by atoms with Crippen molar-refractivity contribution < 1.29 is 4.79 Å². The molecule has 0 unspecified atom stereocenters. The Morgan fingerprint density at radius 1 is 1.65 bits per heavy atom. The molecule has 6 nitrogen and oxygen atoms in total. The zero-order chi connectivity index (χ0) is 12.4. The first-order valence-electron chi connectivity index (χ1n) is 5.00. The summed E-state index contributed by atoms with van der Waals surface area (Å²) in [6.07, 6.45) is 3.61. The summed E-state index contributed by atoms with van der Waals surface area (Å²) >= 11 is 1.26. The van der Waals surface area contributed by atoms with Gasteiger partial charge in [0, 0.05) is 37.8 Å². The molecule has 0 bridgehead atoms. The van der Waals surface area contributed by atoms with Gasteiger partial charge in [-0.25, -0.2) is 4.98 Å². The molecule has 0 aromatic carbocycles. The van der Waals surface area contributed by atoms with Crippen LogP contribution in [0.5, 0.6) is 0 Å². The van der Waals surface area contributed by atoms with E-state index in [1.54, 1.807) is 28.2 Å². The van der Waals surface area contributed by atoms with Gasteiger partial charge in [0.05, 0.1) is 6.20 Å². The lowest BCUT2D eigenvalue weighted by Crippen LogP contribution is -2.26. The highest BCUT2D eigenvalue weighted by Gasteiger charge is 2.15. The molecule has 90 valence electrons. The molecule has 2 aromatic heterocycles. The third-order valence-corrected chi connectivity index (χ3v) is 2.94. The van der Waals surface area contributed by atoms with Crippen molar-refractivity contribution in [3.8, 4) is 0 Å². The van der Waals surface area contributed by atoms with E-state index in [-0.39, 0.29) is 5.91 Å². The Balaban J connectivity index is 2.05. The van der Waals surface area contributed by atoms with Crippen LogP contribution in [0.2, 0.25) is 0 Å². The third kappa shape index (κ3) is 2.62. The fourth-order valence-electron chi connectivity index (χ4n) is 1.48. The second-order valence-corrected chi connectivity index (χ2v) is 4.64. The first-order chi connectivity index (χ1) is 8.06. The van der Waals surface area contributed by atoms with Gasteiger partial charge in [0.25, 0.3) is 5.91 Å². The van der Waals surface area contributed by atoms with E-state index in [0.29, 0.717) is 17.4 Å². The average molecular weight is 251 g/mol. The van der Waals surface area contributed by atoms with Crippen LogP contribution in [0, 0.1) is 0 Å². The van der Waals surface area contributed by atoms with Crippen LogP contribution in [0.25, 0.3) is 0 Å². The Hall–Kier alpha value is -1.89. The van der Waals surface area contributed by atoms with Gasteiger partial charge in [-0.1, -0.05) is 0 Å². The number of aryl methyl sites for hydroxylation is 1. The Bertz CT molecular complexity index is 532. The van der Waals surface area contributed by atoms with Crippen LogP contribution in [0.15, 0.2) is 17.8 Å². The molecule has 0 saturated heterocycles. The number of nitrogens with zero attached hydrogens (tertiary/aromatic N) is 4. The van der Waals surface area contributed by atoms with Gasteiger partial charge in [0.2, 0.25) is 0 Å². The van der Waals surface area contributed by atoms with E-state index in [1.165, 1.54) is 11.3 Å². The van der Waals surface area contributed by atoms with Crippen LogP contribution < -0.4 is 5.73 Å². The van der Waals surface area contributed by atoms with E-state index in [0.717, 1.165) is 5.56 Å². The number of carbonyl (C=O) groups is 1. The standard InChI is InChI=1S/C10H13N5OS/c1-14(4-7-3-12-15(2)5-7)9(16)8-6-17-10(11)13-8/h3,5-6H,4H2,1-2H3,(H2,11,13). The molecule has 2 rings (SSSR count). The molecule has 0 aliphatic rings. The summed E-state index contributed by atoms with van der Waals surface area (Å²) in [5.74, 6) is -0.137. The van der Waals surface area contributed by atoms with Crippen molar-refractivity contribution in [1.29, 1.82) is 0 Å². The average Bonchev–Trinajstić information content (AvgIpc) is 2.87. The molecule has 2 N–H and O–H groups in total. The lowest BCUT2D eigenvalue weighted by molar-refractivity contribution is 0.0780. The summed E-state index contributed by atoms with van der Waals surface area (Å²) in [6, 6.07) is 0. The van der Waals surface area contributed by atoms with Crippen LogP contribution in [-0.2, 0) is 13.6 Å². The fourth-order valence-corrected chi connectivity index (χ4v) is 2.02. The lowest BCUT2D eigenvalue weighted by atomic mass is 10.3. The maximum atomic E-state index is 12.0. The number of nitrogens with two attached hydrogens (primary N) is 1. The maximum absolute atomic E-state index is 12.0. The molecule has 0 aliphatic carbocycles. The normalized spacial score (nSPS) is 10.5. The van der Waals surface area contributed by atoms with Crippen molar-refractivity contribution >= 4 is 22.4 Å². The van der Waals surface area contributed by atoms with Crippen LogP contribution >= 0.6 is 11.3 Å². The molecule has 0 saturated carbocycles. The SMILES string of the molecule is CN(Cc1cnn(C)c1)C(=O)c1csc(N)n1. The monoisotopic (exact) mass is 251 g/mol. The summed E-state index contributed by atoms with van der Waals surface area (Å²) in [6.45, 7) is 0.504. The molecule has 0 aliphatic heterocycles. The number of anilines is 1. The summed E-state index contributed by atoms with van der Waals surface area (Å²) < 4.78 is 1.70. The number of amides is 1. The van der Waals surface area contributed by atoms with Crippen LogP contribution in [0.1, 0.15) is 16.1 Å². The van der Waals surface area contributed by atoms with Crippen molar-refractivity contribution in [3.05, 3.63) is 29.0 Å². The Morgan fingerprint density at radius 3 is 2.94 bits per heavy atom. The highest BCUT2D eigenvalue weighted by atomic mass is 32.1. The largest absolute Gasteiger partial charge is 0.375 e. The Kier molecular flexibility index (Phi) is 3.10. The second kappa shape index (κ2) is 4.54. The minimum atomic E-state index is -0.137. The fraction of sp³-hybridized carbons (Fsp3) is 0.300. The number of nitrogen functional groups attached to an aromatic ring is 1. The number of rotatable bonds is 3. The van der Waals surface area contributed by atoms with E-state index >= 15 is 0 Å². The van der Waals surface area contributed by atoms with Crippen molar-refractivity contribution in [3.63, 3.8) is 0 Å². The van der Waals surface area contributed by atoms with Crippen molar-refractivity contribution in [1.82, 2.24) is 19.7 Å². The Morgan fingerprint density at radius 2 is 2.41 bits per heavy atom. The van der Waals surface area contributed by atoms with Gasteiger partial charge in [0.1, 0.15) is 5.69 Å². The number of hydrogen-bond acceptors (Lipinski definition) is 5.